The zero-order valence-electron chi connectivity index (χ0n) is 14.3. The van der Waals surface area contributed by atoms with E-state index in [1.165, 1.54) is 30.5 Å². The van der Waals surface area contributed by atoms with Gasteiger partial charge in [0.15, 0.2) is 5.13 Å². The van der Waals surface area contributed by atoms with Gasteiger partial charge in [0.25, 0.3) is 11.5 Å². The van der Waals surface area contributed by atoms with Gasteiger partial charge < -0.3 is 9.47 Å². The Morgan fingerprint density at radius 2 is 2.00 bits per heavy atom. The van der Waals surface area contributed by atoms with Crippen molar-refractivity contribution >= 4 is 22.4 Å². The molecule has 0 saturated carbocycles. The van der Waals surface area contributed by atoms with E-state index in [0.717, 1.165) is 10.2 Å². The molecule has 0 fully saturated rings. The first-order chi connectivity index (χ1) is 12.5. The third kappa shape index (κ3) is 3.57. The Morgan fingerprint density at radius 1 is 1.19 bits per heavy atom. The Hall–Kier alpha value is -3.20. The molecule has 0 unspecified atom stereocenters. The van der Waals surface area contributed by atoms with Crippen molar-refractivity contribution in [2.75, 3.05) is 19.5 Å². The first-order valence-electron chi connectivity index (χ1n) is 7.55. The molecule has 3 aromatic rings. The Kier molecular flexibility index (Phi) is 4.99. The van der Waals surface area contributed by atoms with E-state index >= 15 is 0 Å². The van der Waals surface area contributed by atoms with E-state index in [1.54, 1.807) is 20.3 Å². The highest BCUT2D eigenvalue weighted by molar-refractivity contribution is 7.14. The van der Waals surface area contributed by atoms with E-state index in [0.29, 0.717) is 22.3 Å². The lowest BCUT2D eigenvalue weighted by Crippen LogP contribution is -2.23. The summed E-state index contributed by atoms with van der Waals surface area (Å²) in [5.74, 6) is 0.852. The van der Waals surface area contributed by atoms with Crippen LogP contribution in [0.3, 0.4) is 0 Å². The summed E-state index contributed by atoms with van der Waals surface area (Å²) in [4.78, 5) is 28.0. The fourth-order valence-corrected chi connectivity index (χ4v) is 2.96. The number of benzene rings is 1. The van der Waals surface area contributed by atoms with Gasteiger partial charge in [-0.3, -0.25) is 14.9 Å². The second-order valence-electron chi connectivity index (χ2n) is 5.24. The predicted octanol–water partition coefficient (Wildman–Crippen LogP) is 2.17. The predicted molar refractivity (Wildman–Crippen MR) is 98.1 cm³/mol. The Morgan fingerprint density at radius 3 is 2.69 bits per heavy atom. The number of anilines is 1. The van der Waals surface area contributed by atoms with Crippen LogP contribution in [0.4, 0.5) is 5.13 Å². The number of rotatable bonds is 5. The van der Waals surface area contributed by atoms with Crippen molar-refractivity contribution in [3.8, 4) is 22.8 Å². The number of carbonyl (C=O) groups excluding carboxylic acids is 1. The first kappa shape index (κ1) is 17.6. The zero-order valence-corrected chi connectivity index (χ0v) is 15.2. The average molecular weight is 372 g/mol. The van der Waals surface area contributed by atoms with Gasteiger partial charge in [0, 0.05) is 30.1 Å². The van der Waals surface area contributed by atoms with Crippen LogP contribution in [0.15, 0.2) is 40.5 Å². The van der Waals surface area contributed by atoms with Gasteiger partial charge in [0.2, 0.25) is 0 Å². The van der Waals surface area contributed by atoms with Gasteiger partial charge >= 0.3 is 0 Å². The summed E-state index contributed by atoms with van der Waals surface area (Å²) in [6, 6.07) is 8.08. The van der Waals surface area contributed by atoms with Crippen molar-refractivity contribution in [2.24, 2.45) is 7.05 Å². The number of thiazole rings is 1. The molecule has 0 aliphatic heterocycles. The average Bonchev–Trinajstić information content (AvgIpc) is 3.11. The minimum Gasteiger partial charge on any atom is -0.497 e. The highest BCUT2D eigenvalue weighted by Crippen LogP contribution is 2.34. The van der Waals surface area contributed by atoms with Gasteiger partial charge in [-0.2, -0.15) is 5.10 Å². The standard InChI is InChI=1S/C17H16N4O4S/c1-21-15(22)7-6-12(20-21)16(23)19-17-18-13(9-26-17)11-5-4-10(24-2)8-14(11)25-3/h4-9H,1-3H3,(H,18,19,23). The number of ether oxygens (including phenoxy) is 2. The second-order valence-corrected chi connectivity index (χ2v) is 6.10. The topological polar surface area (TPSA) is 95.3 Å². The van der Waals surface area contributed by atoms with Crippen LogP contribution in [0.25, 0.3) is 11.3 Å². The Labute approximate surface area is 153 Å². The zero-order chi connectivity index (χ0) is 18.7. The highest BCUT2D eigenvalue weighted by atomic mass is 32.1. The number of carbonyl (C=O) groups is 1. The minimum atomic E-state index is -0.441. The first-order valence-corrected chi connectivity index (χ1v) is 8.43. The van der Waals surface area contributed by atoms with Gasteiger partial charge in [-0.25, -0.2) is 9.67 Å². The smallest absolute Gasteiger partial charge is 0.277 e. The van der Waals surface area contributed by atoms with Crippen molar-refractivity contribution in [1.82, 2.24) is 14.8 Å². The van der Waals surface area contributed by atoms with E-state index in [4.69, 9.17) is 9.47 Å². The number of amides is 1. The SMILES string of the molecule is COc1ccc(-c2csc(NC(=O)c3ccc(=O)n(C)n3)n2)c(OC)c1. The minimum absolute atomic E-state index is 0.130. The number of nitrogens with one attached hydrogen (secondary N) is 1. The molecule has 3 rings (SSSR count). The molecule has 2 heterocycles. The molecule has 0 saturated heterocycles. The highest BCUT2D eigenvalue weighted by Gasteiger charge is 2.14. The monoisotopic (exact) mass is 372 g/mol. The molecule has 0 radical (unpaired) electrons. The maximum Gasteiger partial charge on any atom is 0.277 e. The third-order valence-electron chi connectivity index (χ3n) is 3.60. The van der Waals surface area contributed by atoms with Crippen LogP contribution in [0.5, 0.6) is 11.5 Å². The normalized spacial score (nSPS) is 10.4. The fraction of sp³-hybridized carbons (Fsp3) is 0.176. The van der Waals surface area contributed by atoms with Crippen LogP contribution < -0.4 is 20.3 Å². The van der Waals surface area contributed by atoms with Crippen LogP contribution in [-0.2, 0) is 7.05 Å². The summed E-state index contributed by atoms with van der Waals surface area (Å²) < 4.78 is 11.7. The Balaban J connectivity index is 1.83. The molecular weight excluding hydrogens is 356 g/mol. The van der Waals surface area contributed by atoms with Gasteiger partial charge in [-0.1, -0.05) is 0 Å². The molecule has 8 nitrogen and oxygen atoms in total. The summed E-state index contributed by atoms with van der Waals surface area (Å²) in [7, 11) is 4.63. The van der Waals surface area contributed by atoms with Crippen LogP contribution >= 0.6 is 11.3 Å². The molecule has 1 N–H and O–H groups in total. The molecule has 0 aliphatic carbocycles. The van der Waals surface area contributed by atoms with Crippen molar-refractivity contribution in [1.29, 1.82) is 0 Å². The van der Waals surface area contributed by atoms with E-state index in [-0.39, 0.29) is 11.3 Å². The van der Waals surface area contributed by atoms with Crippen molar-refractivity contribution < 1.29 is 14.3 Å². The van der Waals surface area contributed by atoms with Crippen LogP contribution in [0.2, 0.25) is 0 Å². The maximum atomic E-state index is 12.3. The van der Waals surface area contributed by atoms with Crippen molar-refractivity contribution in [3.05, 3.63) is 51.8 Å². The molecule has 9 heteroatoms. The molecule has 0 bridgehead atoms. The van der Waals surface area contributed by atoms with E-state index in [2.05, 4.69) is 15.4 Å². The number of hydrogen-bond acceptors (Lipinski definition) is 7. The quantitative estimate of drug-likeness (QED) is 0.737. The molecule has 1 aromatic carbocycles. The lowest BCUT2D eigenvalue weighted by Gasteiger charge is -2.08. The molecule has 2 aromatic heterocycles. The molecule has 0 atom stereocenters. The van der Waals surface area contributed by atoms with Gasteiger partial charge in [-0.05, 0) is 18.2 Å². The van der Waals surface area contributed by atoms with Crippen molar-refractivity contribution in [2.45, 2.75) is 0 Å². The number of nitrogens with zero attached hydrogens (tertiary/aromatic N) is 3. The summed E-state index contributed by atoms with van der Waals surface area (Å²) in [5, 5.41) is 8.82. The molecule has 134 valence electrons. The largest absolute Gasteiger partial charge is 0.497 e. The molecule has 26 heavy (non-hydrogen) atoms. The van der Waals surface area contributed by atoms with Crippen LogP contribution in [0.1, 0.15) is 10.5 Å². The molecule has 1 amide bonds. The van der Waals surface area contributed by atoms with Crippen LogP contribution in [-0.4, -0.2) is 34.9 Å². The summed E-state index contributed by atoms with van der Waals surface area (Å²) in [6.07, 6.45) is 0. The van der Waals surface area contributed by atoms with Gasteiger partial charge in [0.05, 0.1) is 19.9 Å². The number of aromatic nitrogens is 3. The second kappa shape index (κ2) is 7.36. The lowest BCUT2D eigenvalue weighted by molar-refractivity contribution is 0.102. The van der Waals surface area contributed by atoms with Gasteiger partial charge in [-0.15, -0.1) is 11.3 Å². The summed E-state index contributed by atoms with van der Waals surface area (Å²) in [6.45, 7) is 0. The summed E-state index contributed by atoms with van der Waals surface area (Å²) in [5.41, 5.74) is 1.29. The molecular formula is C17H16N4O4S. The third-order valence-corrected chi connectivity index (χ3v) is 4.36. The maximum absolute atomic E-state index is 12.3. The lowest BCUT2D eigenvalue weighted by atomic mass is 10.1. The van der Waals surface area contributed by atoms with Gasteiger partial charge in [0.1, 0.15) is 17.2 Å². The summed E-state index contributed by atoms with van der Waals surface area (Å²) >= 11 is 1.28. The Bertz CT molecular complexity index is 1010. The molecule has 0 spiro atoms. The number of methoxy groups -OCH3 is 2. The number of aryl methyl sites for hydroxylation is 1. The number of hydrogen-bond donors (Lipinski definition) is 1. The molecule has 0 aliphatic rings. The van der Waals surface area contributed by atoms with E-state index in [1.807, 2.05) is 17.5 Å². The fourth-order valence-electron chi connectivity index (χ4n) is 2.25. The van der Waals surface area contributed by atoms with Crippen LogP contribution in [0, 0.1) is 0 Å². The van der Waals surface area contributed by atoms with E-state index < -0.39 is 5.91 Å². The van der Waals surface area contributed by atoms with E-state index in [9.17, 15) is 9.59 Å². The van der Waals surface area contributed by atoms with Crippen molar-refractivity contribution in [3.63, 3.8) is 0 Å².